The fourth-order valence-corrected chi connectivity index (χ4v) is 4.07. The van der Waals surface area contributed by atoms with E-state index in [4.69, 9.17) is 16.8 Å². The molecule has 144 valence electrons. The molecule has 0 spiro atoms. The van der Waals surface area contributed by atoms with Crippen LogP contribution in [-0.2, 0) is 17.6 Å². The van der Waals surface area contributed by atoms with E-state index >= 15 is 0 Å². The number of halogens is 1. The summed E-state index contributed by atoms with van der Waals surface area (Å²) >= 11 is 6.13. The van der Waals surface area contributed by atoms with Crippen molar-refractivity contribution in [3.63, 3.8) is 0 Å². The van der Waals surface area contributed by atoms with Gasteiger partial charge in [-0.2, -0.15) is 0 Å². The molecule has 1 heterocycles. The predicted octanol–water partition coefficient (Wildman–Crippen LogP) is 4.16. The van der Waals surface area contributed by atoms with Crippen molar-refractivity contribution in [2.45, 2.75) is 25.3 Å². The van der Waals surface area contributed by atoms with Crippen molar-refractivity contribution in [2.75, 3.05) is 6.54 Å². The first-order valence-corrected chi connectivity index (χ1v) is 9.76. The molecule has 4 rings (SSSR count). The van der Waals surface area contributed by atoms with Gasteiger partial charge in [-0.3, -0.25) is 10.0 Å². The number of hydrogen-bond acceptors (Lipinski definition) is 3. The van der Waals surface area contributed by atoms with E-state index < -0.39 is 5.91 Å². The minimum atomic E-state index is -0.529. The summed E-state index contributed by atoms with van der Waals surface area (Å²) in [6.07, 6.45) is 8.10. The molecule has 1 aliphatic carbocycles. The van der Waals surface area contributed by atoms with Crippen LogP contribution in [0.4, 0.5) is 0 Å². The highest BCUT2D eigenvalue weighted by Gasteiger charge is 2.21. The lowest BCUT2D eigenvalue weighted by molar-refractivity contribution is -0.124. The largest absolute Gasteiger partial charge is 0.361 e. The van der Waals surface area contributed by atoms with Gasteiger partial charge < -0.3 is 10.3 Å². The second-order valence-corrected chi connectivity index (χ2v) is 7.50. The molecule has 6 heteroatoms. The highest BCUT2D eigenvalue weighted by atomic mass is 35.5. The van der Waals surface area contributed by atoms with Gasteiger partial charge in [0.1, 0.15) is 0 Å². The van der Waals surface area contributed by atoms with Crippen LogP contribution in [-0.4, -0.2) is 22.6 Å². The van der Waals surface area contributed by atoms with Crippen molar-refractivity contribution in [1.82, 2.24) is 15.8 Å². The fourth-order valence-electron chi connectivity index (χ4n) is 3.90. The molecule has 4 N–H and O–H groups in total. The summed E-state index contributed by atoms with van der Waals surface area (Å²) in [7, 11) is 0. The molecule has 3 aromatic rings. The third-order valence-corrected chi connectivity index (χ3v) is 5.53. The number of carbonyl (C=O) groups excluding carboxylic acids is 1. The topological polar surface area (TPSA) is 77.2 Å². The summed E-state index contributed by atoms with van der Waals surface area (Å²) in [5.74, 6) is -0.529. The first kappa shape index (κ1) is 18.7. The molecule has 0 saturated carbocycles. The van der Waals surface area contributed by atoms with Gasteiger partial charge in [-0.15, -0.1) is 0 Å². The van der Waals surface area contributed by atoms with Crippen molar-refractivity contribution in [2.24, 2.45) is 0 Å². The van der Waals surface area contributed by atoms with Gasteiger partial charge in [-0.1, -0.05) is 29.8 Å². The number of rotatable bonds is 6. The number of aromatic amines is 1. The van der Waals surface area contributed by atoms with Gasteiger partial charge in [-0.05, 0) is 72.3 Å². The Bertz CT molecular complexity index is 1040. The number of fused-ring (bicyclic) bond motifs is 2. The SMILES string of the molecule is O=C(/C=C/c1ccc2c(c1)CC[C@H]2NCCc1c[nH]c2ccc(Cl)cc12)NO. The summed E-state index contributed by atoms with van der Waals surface area (Å²) in [6, 6.07) is 12.5. The number of amides is 1. The van der Waals surface area contributed by atoms with E-state index in [1.54, 1.807) is 11.6 Å². The number of aryl methyl sites for hydroxylation is 1. The Morgan fingerprint density at radius 2 is 2.18 bits per heavy atom. The van der Waals surface area contributed by atoms with E-state index in [9.17, 15) is 4.79 Å². The highest BCUT2D eigenvalue weighted by molar-refractivity contribution is 6.31. The zero-order chi connectivity index (χ0) is 19.5. The van der Waals surface area contributed by atoms with Crippen molar-refractivity contribution >= 4 is 34.5 Å². The monoisotopic (exact) mass is 395 g/mol. The van der Waals surface area contributed by atoms with Crippen molar-refractivity contribution < 1.29 is 10.0 Å². The van der Waals surface area contributed by atoms with Crippen molar-refractivity contribution in [3.8, 4) is 0 Å². The molecule has 0 unspecified atom stereocenters. The fraction of sp³-hybridized carbons (Fsp3) is 0.227. The van der Waals surface area contributed by atoms with Crippen LogP contribution in [0.15, 0.2) is 48.7 Å². The second-order valence-electron chi connectivity index (χ2n) is 7.07. The normalized spacial score (nSPS) is 16.0. The van der Waals surface area contributed by atoms with Crippen LogP contribution in [0.25, 0.3) is 17.0 Å². The van der Waals surface area contributed by atoms with Crippen LogP contribution in [0.3, 0.4) is 0 Å². The molecule has 0 saturated heterocycles. The molecule has 28 heavy (non-hydrogen) atoms. The molecule has 2 aromatic carbocycles. The lowest BCUT2D eigenvalue weighted by Crippen LogP contribution is -2.21. The quantitative estimate of drug-likeness (QED) is 0.287. The minimum Gasteiger partial charge on any atom is -0.361 e. The molecule has 1 aliphatic rings. The number of H-pyrrole nitrogens is 1. The Balaban J connectivity index is 1.39. The van der Waals surface area contributed by atoms with E-state index in [0.717, 1.165) is 41.9 Å². The molecule has 5 nitrogen and oxygen atoms in total. The summed E-state index contributed by atoms with van der Waals surface area (Å²) in [6.45, 7) is 0.891. The first-order valence-electron chi connectivity index (χ1n) is 9.38. The lowest BCUT2D eigenvalue weighted by atomic mass is 10.0. The number of hydroxylamine groups is 1. The third-order valence-electron chi connectivity index (χ3n) is 5.30. The van der Waals surface area contributed by atoms with E-state index in [1.807, 2.05) is 24.3 Å². The van der Waals surface area contributed by atoms with E-state index in [-0.39, 0.29) is 0 Å². The zero-order valence-corrected chi connectivity index (χ0v) is 16.1. The first-order chi connectivity index (χ1) is 13.6. The van der Waals surface area contributed by atoms with Gasteiger partial charge in [0, 0.05) is 34.2 Å². The van der Waals surface area contributed by atoms with Gasteiger partial charge >= 0.3 is 0 Å². The smallest absolute Gasteiger partial charge is 0.267 e. The maximum Gasteiger partial charge on any atom is 0.267 e. The van der Waals surface area contributed by atoms with Crippen LogP contribution >= 0.6 is 11.6 Å². The molecular weight excluding hydrogens is 374 g/mol. The summed E-state index contributed by atoms with van der Waals surface area (Å²) in [5.41, 5.74) is 7.57. The summed E-state index contributed by atoms with van der Waals surface area (Å²) in [4.78, 5) is 14.4. The van der Waals surface area contributed by atoms with Crippen LogP contribution in [0.1, 0.15) is 34.7 Å². The van der Waals surface area contributed by atoms with Gasteiger partial charge in [-0.25, -0.2) is 5.48 Å². The Morgan fingerprint density at radius 3 is 3.04 bits per heavy atom. The Morgan fingerprint density at radius 1 is 1.29 bits per heavy atom. The van der Waals surface area contributed by atoms with Gasteiger partial charge in [0.05, 0.1) is 0 Å². The molecule has 1 amide bonds. The molecule has 1 atom stereocenters. The number of hydrogen-bond donors (Lipinski definition) is 4. The third kappa shape index (κ3) is 3.97. The van der Waals surface area contributed by atoms with Crippen LogP contribution < -0.4 is 10.8 Å². The maximum absolute atomic E-state index is 11.1. The van der Waals surface area contributed by atoms with Gasteiger partial charge in [0.25, 0.3) is 5.91 Å². The Kier molecular flexibility index (Phi) is 5.48. The number of aromatic nitrogens is 1. The van der Waals surface area contributed by atoms with Crippen molar-refractivity contribution in [1.29, 1.82) is 0 Å². The van der Waals surface area contributed by atoms with Gasteiger partial charge in [0.2, 0.25) is 0 Å². The standard InChI is InChI=1S/C22H22ClN3O2/c23-17-4-7-21-19(12-17)16(13-25-21)9-10-24-20-6-3-15-11-14(1-5-18(15)20)2-8-22(27)26-28/h1-2,4-5,7-8,11-13,20,24-25,28H,3,6,9-10H2,(H,26,27)/b8-2+/t20-/m1/s1. The maximum atomic E-state index is 11.1. The van der Waals surface area contributed by atoms with Crippen LogP contribution in [0, 0.1) is 0 Å². The number of carbonyl (C=O) groups is 1. The second kappa shape index (κ2) is 8.19. The lowest BCUT2D eigenvalue weighted by Gasteiger charge is -2.14. The highest BCUT2D eigenvalue weighted by Crippen LogP contribution is 2.32. The summed E-state index contributed by atoms with van der Waals surface area (Å²) < 4.78 is 0. The summed E-state index contributed by atoms with van der Waals surface area (Å²) in [5, 5.41) is 14.2. The predicted molar refractivity (Wildman–Crippen MR) is 111 cm³/mol. The van der Waals surface area contributed by atoms with Crippen molar-refractivity contribution in [3.05, 3.63) is 75.9 Å². The van der Waals surface area contributed by atoms with E-state index in [2.05, 4.69) is 28.6 Å². The molecule has 1 aromatic heterocycles. The molecule has 0 bridgehead atoms. The Hall–Kier alpha value is -2.60. The van der Waals surface area contributed by atoms with Crippen LogP contribution in [0.5, 0.6) is 0 Å². The average Bonchev–Trinajstić information content (AvgIpc) is 3.30. The molecule has 0 aliphatic heterocycles. The molecular formula is C22H22ClN3O2. The van der Waals surface area contributed by atoms with E-state index in [1.165, 1.54) is 28.2 Å². The number of benzene rings is 2. The van der Waals surface area contributed by atoms with Crippen LogP contribution in [0.2, 0.25) is 5.02 Å². The minimum absolute atomic E-state index is 0.350. The van der Waals surface area contributed by atoms with Gasteiger partial charge in [0.15, 0.2) is 0 Å². The molecule has 0 fully saturated rings. The molecule has 0 radical (unpaired) electrons. The van der Waals surface area contributed by atoms with E-state index in [0.29, 0.717) is 6.04 Å². The zero-order valence-electron chi connectivity index (χ0n) is 15.3. The Labute approximate surface area is 168 Å². The number of nitrogens with one attached hydrogen (secondary N) is 3. The average molecular weight is 396 g/mol.